The van der Waals surface area contributed by atoms with Crippen molar-refractivity contribution in [3.8, 4) is 0 Å². The maximum atomic E-state index is 6.16. The van der Waals surface area contributed by atoms with E-state index in [0.717, 1.165) is 18.8 Å². The topological polar surface area (TPSA) is 15.3 Å². The van der Waals surface area contributed by atoms with Crippen molar-refractivity contribution in [2.24, 2.45) is 5.41 Å². The van der Waals surface area contributed by atoms with Crippen LogP contribution in [-0.2, 0) is 0 Å². The molecule has 2 aliphatic rings. The van der Waals surface area contributed by atoms with E-state index in [1.807, 2.05) is 12.1 Å². The molecule has 1 atom stereocenters. The molecule has 1 N–H and O–H groups in total. The van der Waals surface area contributed by atoms with Crippen molar-refractivity contribution in [3.63, 3.8) is 0 Å². The number of fused-ring (bicyclic) bond motifs is 3. The summed E-state index contributed by atoms with van der Waals surface area (Å²) in [5, 5.41) is 4.76. The molecule has 1 aromatic carbocycles. The summed E-state index contributed by atoms with van der Waals surface area (Å²) in [6.07, 6.45) is 2.52. The molecule has 1 unspecified atom stereocenters. The Bertz CT molecular complexity index is 485. The minimum absolute atomic E-state index is 0.342. The van der Waals surface area contributed by atoms with Crippen LogP contribution in [0.5, 0.6) is 0 Å². The van der Waals surface area contributed by atoms with E-state index < -0.39 is 0 Å². The first kappa shape index (κ1) is 12.4. The highest BCUT2D eigenvalue weighted by Crippen LogP contribution is 2.45. The van der Waals surface area contributed by atoms with Crippen molar-refractivity contribution in [2.75, 3.05) is 23.3 Å². The summed E-state index contributed by atoms with van der Waals surface area (Å²) in [6, 6.07) is 4.48. The molecule has 0 saturated carbocycles. The van der Waals surface area contributed by atoms with Crippen LogP contribution in [-0.4, -0.2) is 19.1 Å². The summed E-state index contributed by atoms with van der Waals surface area (Å²) in [6.45, 7) is 6.81. The molecule has 0 bridgehead atoms. The number of halogens is 2. The molecular weight excluding hydrogens is 267 g/mol. The fourth-order valence-corrected chi connectivity index (χ4v) is 3.57. The van der Waals surface area contributed by atoms with E-state index in [2.05, 4.69) is 24.1 Å². The first-order valence-electron chi connectivity index (χ1n) is 6.48. The van der Waals surface area contributed by atoms with Gasteiger partial charge in [-0.15, -0.1) is 0 Å². The van der Waals surface area contributed by atoms with E-state index in [1.54, 1.807) is 0 Å². The Hall–Kier alpha value is -0.600. The Morgan fingerprint density at radius 3 is 2.78 bits per heavy atom. The number of hydrogen-bond acceptors (Lipinski definition) is 2. The minimum Gasteiger partial charge on any atom is -0.381 e. The summed E-state index contributed by atoms with van der Waals surface area (Å²) in [5.41, 5.74) is 2.65. The highest BCUT2D eigenvalue weighted by molar-refractivity contribution is 6.42. The van der Waals surface area contributed by atoms with E-state index in [-0.39, 0.29) is 0 Å². The van der Waals surface area contributed by atoms with Gasteiger partial charge < -0.3 is 10.2 Å². The van der Waals surface area contributed by atoms with Gasteiger partial charge in [-0.1, -0.05) is 37.0 Å². The quantitative estimate of drug-likeness (QED) is 0.759. The van der Waals surface area contributed by atoms with E-state index in [9.17, 15) is 0 Å². The normalized spacial score (nSPS) is 25.1. The average Bonchev–Trinajstić information content (AvgIpc) is 2.30. The van der Waals surface area contributed by atoms with E-state index in [1.165, 1.54) is 18.5 Å². The predicted molar refractivity (Wildman–Crippen MR) is 79.1 cm³/mol. The number of benzene rings is 1. The third kappa shape index (κ3) is 1.86. The summed E-state index contributed by atoms with van der Waals surface area (Å²) >= 11 is 12.2. The third-order valence-corrected chi connectivity index (χ3v) is 5.05. The smallest absolute Gasteiger partial charge is 0.0621 e. The van der Waals surface area contributed by atoms with Gasteiger partial charge in [0.2, 0.25) is 0 Å². The van der Waals surface area contributed by atoms with Crippen molar-refractivity contribution in [3.05, 3.63) is 22.2 Å². The van der Waals surface area contributed by atoms with Crippen LogP contribution in [0.25, 0.3) is 0 Å². The minimum atomic E-state index is 0.342. The molecule has 18 heavy (non-hydrogen) atoms. The Morgan fingerprint density at radius 2 is 2.00 bits per heavy atom. The molecule has 0 aliphatic carbocycles. The van der Waals surface area contributed by atoms with Gasteiger partial charge >= 0.3 is 0 Å². The van der Waals surface area contributed by atoms with Crippen LogP contribution in [0.1, 0.15) is 26.7 Å². The molecule has 2 nitrogen and oxygen atoms in total. The Kier molecular flexibility index (Phi) is 2.91. The second-order valence-electron chi connectivity index (χ2n) is 5.97. The monoisotopic (exact) mass is 284 g/mol. The van der Waals surface area contributed by atoms with Crippen molar-refractivity contribution in [2.45, 2.75) is 32.7 Å². The first-order valence-corrected chi connectivity index (χ1v) is 7.24. The lowest BCUT2D eigenvalue weighted by Crippen LogP contribution is -2.55. The van der Waals surface area contributed by atoms with Crippen LogP contribution in [0.2, 0.25) is 10.0 Å². The summed E-state index contributed by atoms with van der Waals surface area (Å²) < 4.78 is 0. The van der Waals surface area contributed by atoms with Gasteiger partial charge in [0.05, 0.1) is 27.5 Å². The first-order chi connectivity index (χ1) is 8.49. The van der Waals surface area contributed by atoms with E-state index >= 15 is 0 Å². The zero-order valence-electron chi connectivity index (χ0n) is 10.8. The highest BCUT2D eigenvalue weighted by Gasteiger charge is 2.40. The lowest BCUT2D eigenvalue weighted by molar-refractivity contribution is 0.217. The molecule has 2 heterocycles. The second kappa shape index (κ2) is 4.21. The van der Waals surface area contributed by atoms with Crippen molar-refractivity contribution >= 4 is 34.6 Å². The van der Waals surface area contributed by atoms with Gasteiger partial charge in [-0.3, -0.25) is 0 Å². The zero-order valence-corrected chi connectivity index (χ0v) is 12.3. The van der Waals surface area contributed by atoms with Crippen molar-refractivity contribution in [1.82, 2.24) is 0 Å². The molecular formula is C14H18Cl2N2. The second-order valence-corrected chi connectivity index (χ2v) is 6.78. The maximum absolute atomic E-state index is 6.16. The fraction of sp³-hybridized carbons (Fsp3) is 0.571. The van der Waals surface area contributed by atoms with Crippen LogP contribution in [0.3, 0.4) is 0 Å². The lowest BCUT2D eigenvalue weighted by Gasteiger charge is -2.51. The number of rotatable bonds is 0. The van der Waals surface area contributed by atoms with Crippen LogP contribution >= 0.6 is 23.2 Å². The van der Waals surface area contributed by atoms with Gasteiger partial charge in [0.1, 0.15) is 0 Å². The number of nitrogens with one attached hydrogen (secondary N) is 1. The molecule has 0 aromatic heterocycles. The molecule has 0 amide bonds. The Balaban J connectivity index is 2.05. The Labute approximate surface area is 118 Å². The summed E-state index contributed by atoms with van der Waals surface area (Å²) in [4.78, 5) is 2.50. The molecule has 3 rings (SSSR count). The van der Waals surface area contributed by atoms with Gasteiger partial charge in [0, 0.05) is 13.1 Å². The zero-order chi connectivity index (χ0) is 12.9. The summed E-state index contributed by atoms with van der Waals surface area (Å²) in [5.74, 6) is 0. The predicted octanol–water partition coefficient (Wildman–Crippen LogP) is 4.41. The number of piperidine rings is 1. The van der Waals surface area contributed by atoms with Crippen molar-refractivity contribution in [1.29, 1.82) is 0 Å². The van der Waals surface area contributed by atoms with E-state index in [0.29, 0.717) is 21.5 Å². The fourth-order valence-electron chi connectivity index (χ4n) is 3.25. The maximum Gasteiger partial charge on any atom is 0.0621 e. The molecule has 1 fully saturated rings. The third-order valence-electron chi connectivity index (χ3n) is 4.33. The number of hydrogen-bond donors (Lipinski definition) is 1. The molecule has 0 spiro atoms. The number of anilines is 2. The molecule has 1 aromatic rings. The molecule has 98 valence electrons. The van der Waals surface area contributed by atoms with Gasteiger partial charge in [-0.25, -0.2) is 0 Å². The average molecular weight is 285 g/mol. The van der Waals surface area contributed by atoms with Gasteiger partial charge in [0.15, 0.2) is 0 Å². The molecule has 4 heteroatoms. The molecule has 0 radical (unpaired) electrons. The Morgan fingerprint density at radius 1 is 1.28 bits per heavy atom. The van der Waals surface area contributed by atoms with E-state index in [4.69, 9.17) is 23.2 Å². The van der Waals surface area contributed by atoms with Crippen LogP contribution in [0, 0.1) is 5.41 Å². The van der Waals surface area contributed by atoms with Gasteiger partial charge in [-0.05, 0) is 30.4 Å². The van der Waals surface area contributed by atoms with Crippen LogP contribution < -0.4 is 10.2 Å². The van der Waals surface area contributed by atoms with Gasteiger partial charge in [-0.2, -0.15) is 0 Å². The summed E-state index contributed by atoms with van der Waals surface area (Å²) in [7, 11) is 0. The highest BCUT2D eigenvalue weighted by atomic mass is 35.5. The SMILES string of the molecule is CC1(C)CCCN2c3cc(Cl)c(Cl)cc3NCC21. The van der Waals surface area contributed by atoms with Gasteiger partial charge in [0.25, 0.3) is 0 Å². The van der Waals surface area contributed by atoms with Crippen molar-refractivity contribution < 1.29 is 0 Å². The number of nitrogens with zero attached hydrogens (tertiary/aromatic N) is 1. The molecule has 1 saturated heterocycles. The van der Waals surface area contributed by atoms with Crippen LogP contribution in [0.15, 0.2) is 12.1 Å². The largest absolute Gasteiger partial charge is 0.381 e. The molecule has 2 aliphatic heterocycles. The van der Waals surface area contributed by atoms with Crippen LogP contribution in [0.4, 0.5) is 11.4 Å². The standard InChI is InChI=1S/C14H18Cl2N2/c1-14(2)4-3-5-18-12-7-10(16)9(15)6-11(12)17-8-13(14)18/h6-7,13,17H,3-5,8H2,1-2H3. The lowest BCUT2D eigenvalue weighted by atomic mass is 9.75.